The van der Waals surface area contributed by atoms with Gasteiger partial charge in [-0.2, -0.15) is 13.7 Å². The highest BCUT2D eigenvalue weighted by Crippen LogP contribution is 2.27. The first kappa shape index (κ1) is 10.7. The average Bonchev–Trinajstić information content (AvgIpc) is 2.92. The zero-order valence-electron chi connectivity index (χ0n) is 9.11. The van der Waals surface area contributed by atoms with Crippen molar-refractivity contribution in [2.45, 2.75) is 4.90 Å². The molecule has 0 radical (unpaired) electrons. The van der Waals surface area contributed by atoms with Crippen molar-refractivity contribution in [2.75, 3.05) is 0 Å². The van der Waals surface area contributed by atoms with E-state index in [1.165, 1.54) is 10.6 Å². The molecule has 0 N–H and O–H groups in total. The monoisotopic (exact) mass is 257 g/mol. The molecule has 1 aliphatic rings. The summed E-state index contributed by atoms with van der Waals surface area (Å²) >= 11 is 0. The summed E-state index contributed by atoms with van der Waals surface area (Å²) in [5.74, 6) is 0.271. The Morgan fingerprint density at radius 1 is 1.17 bits per heavy atom. The lowest BCUT2D eigenvalue weighted by molar-refractivity contribution is 0.599. The summed E-state index contributed by atoms with van der Waals surface area (Å²) in [7, 11) is -3.65. The molecule has 0 amide bonds. The molecule has 1 aromatic carbocycles. The largest absolute Gasteiger partial charge is 0.291 e. The zero-order valence-corrected chi connectivity index (χ0v) is 9.92. The average molecular weight is 257 g/mol. The Bertz CT molecular complexity index is 810. The number of hydrogen-bond donors (Lipinski definition) is 0. The molecule has 18 heavy (non-hydrogen) atoms. The van der Waals surface area contributed by atoms with Crippen LogP contribution in [0.2, 0.25) is 0 Å². The highest BCUT2D eigenvalue weighted by Gasteiger charge is 2.29. The molecule has 0 unspecified atom stereocenters. The molecule has 0 aliphatic carbocycles. The molecule has 0 fully saturated rings. The fourth-order valence-corrected chi connectivity index (χ4v) is 3.12. The van der Waals surface area contributed by atoms with Gasteiger partial charge >= 0.3 is 0 Å². The van der Waals surface area contributed by atoms with Crippen LogP contribution >= 0.6 is 0 Å². The number of sulfonamides is 1. The van der Waals surface area contributed by atoms with Gasteiger partial charge in [-0.15, -0.1) is 4.40 Å². The first-order chi connectivity index (χ1) is 8.63. The van der Waals surface area contributed by atoms with E-state index in [1.807, 2.05) is 6.07 Å². The SMILES string of the molecule is N#Cc1cccn1C1=NS(=O)(=O)c2ccccc21. The molecule has 0 saturated carbocycles. The Balaban J connectivity index is 2.32. The Kier molecular flexibility index (Phi) is 2.12. The Hall–Kier alpha value is -2.39. The standard InChI is InChI=1S/C12H7N3O2S/c13-8-9-4-3-7-15(9)12-10-5-1-2-6-11(10)18(16,17)14-12/h1-7H. The van der Waals surface area contributed by atoms with Crippen LogP contribution in [0.4, 0.5) is 0 Å². The number of nitrogens with zero attached hydrogens (tertiary/aromatic N) is 3. The zero-order chi connectivity index (χ0) is 12.8. The van der Waals surface area contributed by atoms with Gasteiger partial charge in [0.25, 0.3) is 10.0 Å². The van der Waals surface area contributed by atoms with Crippen LogP contribution in [-0.2, 0) is 10.0 Å². The van der Waals surface area contributed by atoms with Crippen molar-refractivity contribution in [2.24, 2.45) is 4.40 Å². The molecule has 6 heteroatoms. The van der Waals surface area contributed by atoms with Crippen molar-refractivity contribution in [3.63, 3.8) is 0 Å². The Labute approximate surface area is 104 Å². The maximum absolute atomic E-state index is 11.9. The van der Waals surface area contributed by atoms with Gasteiger partial charge in [0, 0.05) is 11.8 Å². The van der Waals surface area contributed by atoms with Crippen LogP contribution < -0.4 is 0 Å². The lowest BCUT2D eigenvalue weighted by Gasteiger charge is -2.04. The molecule has 88 valence electrons. The third kappa shape index (κ3) is 1.38. The molecular formula is C12H7N3O2S. The second-order valence-corrected chi connectivity index (χ2v) is 5.33. The fourth-order valence-electron chi connectivity index (χ4n) is 1.92. The van der Waals surface area contributed by atoms with Gasteiger partial charge in [-0.05, 0) is 24.3 Å². The molecule has 1 aromatic heterocycles. The molecule has 2 aromatic rings. The Morgan fingerprint density at radius 2 is 1.94 bits per heavy atom. The van der Waals surface area contributed by atoms with Crippen LogP contribution in [0.1, 0.15) is 11.3 Å². The van der Waals surface area contributed by atoms with Crippen LogP contribution in [0.5, 0.6) is 0 Å². The molecule has 5 nitrogen and oxygen atoms in total. The van der Waals surface area contributed by atoms with E-state index in [4.69, 9.17) is 5.26 Å². The number of aromatic nitrogens is 1. The van der Waals surface area contributed by atoms with Gasteiger partial charge in [0.05, 0.1) is 0 Å². The van der Waals surface area contributed by atoms with Crippen LogP contribution in [0, 0.1) is 11.3 Å². The maximum atomic E-state index is 11.9. The molecule has 0 bridgehead atoms. The minimum atomic E-state index is -3.65. The minimum Gasteiger partial charge on any atom is -0.291 e. The van der Waals surface area contributed by atoms with E-state index in [2.05, 4.69) is 4.40 Å². The van der Waals surface area contributed by atoms with E-state index in [-0.39, 0.29) is 10.7 Å². The summed E-state index contributed by atoms with van der Waals surface area (Å²) in [5, 5.41) is 8.97. The van der Waals surface area contributed by atoms with E-state index in [9.17, 15) is 8.42 Å². The van der Waals surface area contributed by atoms with Crippen LogP contribution in [0.15, 0.2) is 51.9 Å². The molecule has 0 atom stereocenters. The highest BCUT2D eigenvalue weighted by atomic mass is 32.2. The van der Waals surface area contributed by atoms with Crippen molar-refractivity contribution >= 4 is 15.9 Å². The highest BCUT2D eigenvalue weighted by molar-refractivity contribution is 7.90. The number of fused-ring (bicyclic) bond motifs is 1. The van der Waals surface area contributed by atoms with Crippen LogP contribution in [-0.4, -0.2) is 18.8 Å². The number of benzene rings is 1. The van der Waals surface area contributed by atoms with E-state index in [1.54, 1.807) is 36.5 Å². The Morgan fingerprint density at radius 3 is 2.72 bits per heavy atom. The summed E-state index contributed by atoms with van der Waals surface area (Å²) < 4.78 is 29.0. The van der Waals surface area contributed by atoms with Crippen LogP contribution in [0.25, 0.3) is 0 Å². The van der Waals surface area contributed by atoms with Crippen LogP contribution in [0.3, 0.4) is 0 Å². The summed E-state index contributed by atoms with van der Waals surface area (Å²) in [6, 6.07) is 11.9. The van der Waals surface area contributed by atoms with Gasteiger partial charge in [-0.1, -0.05) is 12.1 Å². The maximum Gasteiger partial charge on any atom is 0.285 e. The van der Waals surface area contributed by atoms with Crippen molar-refractivity contribution < 1.29 is 8.42 Å². The lowest BCUT2D eigenvalue weighted by Crippen LogP contribution is -2.11. The molecule has 1 aliphatic heterocycles. The van der Waals surface area contributed by atoms with Crippen molar-refractivity contribution in [3.05, 3.63) is 53.9 Å². The van der Waals surface area contributed by atoms with Gasteiger partial charge in [0.1, 0.15) is 16.7 Å². The molecule has 0 spiro atoms. The van der Waals surface area contributed by atoms with Gasteiger partial charge in [0.15, 0.2) is 5.84 Å². The minimum absolute atomic E-state index is 0.178. The van der Waals surface area contributed by atoms with Gasteiger partial charge in [-0.25, -0.2) is 0 Å². The first-order valence-electron chi connectivity index (χ1n) is 5.16. The topological polar surface area (TPSA) is 75.2 Å². The first-order valence-corrected chi connectivity index (χ1v) is 6.60. The molecule has 2 heterocycles. The summed E-state index contributed by atoms with van der Waals surface area (Å²) in [4.78, 5) is 0.178. The summed E-state index contributed by atoms with van der Waals surface area (Å²) in [6.07, 6.45) is 1.62. The number of hydrogen-bond acceptors (Lipinski definition) is 3. The normalized spacial score (nSPS) is 15.8. The smallest absolute Gasteiger partial charge is 0.285 e. The molecular weight excluding hydrogens is 250 g/mol. The number of nitriles is 1. The fraction of sp³-hybridized carbons (Fsp3) is 0. The van der Waals surface area contributed by atoms with Crippen molar-refractivity contribution in [1.29, 1.82) is 5.26 Å². The van der Waals surface area contributed by atoms with E-state index >= 15 is 0 Å². The quantitative estimate of drug-likeness (QED) is 0.715. The van der Waals surface area contributed by atoms with Gasteiger partial charge < -0.3 is 0 Å². The summed E-state index contributed by atoms with van der Waals surface area (Å²) in [6.45, 7) is 0. The molecule has 3 rings (SSSR count). The second-order valence-electron chi connectivity index (χ2n) is 3.76. The van der Waals surface area contributed by atoms with Crippen molar-refractivity contribution in [1.82, 2.24) is 4.57 Å². The molecule has 0 saturated heterocycles. The third-order valence-corrected chi connectivity index (χ3v) is 4.03. The van der Waals surface area contributed by atoms with E-state index < -0.39 is 10.0 Å². The van der Waals surface area contributed by atoms with Gasteiger partial charge in [0.2, 0.25) is 0 Å². The van der Waals surface area contributed by atoms with Gasteiger partial charge in [-0.3, -0.25) is 4.57 Å². The summed E-state index contributed by atoms with van der Waals surface area (Å²) in [5.41, 5.74) is 0.867. The van der Waals surface area contributed by atoms with E-state index in [0.717, 1.165) is 0 Å². The second kappa shape index (κ2) is 3.55. The van der Waals surface area contributed by atoms with Crippen molar-refractivity contribution in [3.8, 4) is 6.07 Å². The predicted molar refractivity (Wildman–Crippen MR) is 64.7 cm³/mol. The lowest BCUT2D eigenvalue weighted by atomic mass is 10.2. The number of rotatable bonds is 0. The predicted octanol–water partition coefficient (Wildman–Crippen LogP) is 1.36. The third-order valence-electron chi connectivity index (χ3n) is 2.70. The van der Waals surface area contributed by atoms with E-state index in [0.29, 0.717) is 11.3 Å².